The number of nitrogens with one attached hydrogen (secondary N) is 2. The Morgan fingerprint density at radius 2 is 1.74 bits per heavy atom. The number of rotatable bonds is 9. The maximum absolute atomic E-state index is 12.5. The van der Waals surface area contributed by atoms with Gasteiger partial charge in [-0.1, -0.05) is 50.6 Å². The smallest absolute Gasteiger partial charge is 0.255 e. The van der Waals surface area contributed by atoms with Crippen molar-refractivity contribution in [1.82, 2.24) is 10.2 Å². The second-order valence-electron chi connectivity index (χ2n) is 11.8. The van der Waals surface area contributed by atoms with Gasteiger partial charge in [0.05, 0.1) is 16.7 Å². The number of aromatic nitrogens is 2. The molecule has 1 aromatic heterocycles. The molecule has 0 aliphatic heterocycles. The van der Waals surface area contributed by atoms with Crippen LogP contribution in [0.4, 0.5) is 11.4 Å². The van der Waals surface area contributed by atoms with Crippen molar-refractivity contribution in [3.63, 3.8) is 0 Å². The highest BCUT2D eigenvalue weighted by Crippen LogP contribution is 2.40. The number of carbonyl (C=O) groups excluding carboxylic acids is 1. The lowest BCUT2D eigenvalue weighted by Gasteiger charge is -2.40. The maximum atomic E-state index is 12.5. The number of nitriles is 1. The van der Waals surface area contributed by atoms with Gasteiger partial charge in [0.2, 0.25) is 11.8 Å². The molecule has 10 heteroatoms. The third kappa shape index (κ3) is 7.08. The molecule has 4 rings (SSSR count). The highest BCUT2D eigenvalue weighted by Gasteiger charge is 2.41. The van der Waals surface area contributed by atoms with Crippen molar-refractivity contribution in [3.05, 3.63) is 94.3 Å². The van der Waals surface area contributed by atoms with E-state index in [-0.39, 0.29) is 17.0 Å². The molecule has 4 aromatic rings. The van der Waals surface area contributed by atoms with Gasteiger partial charge < -0.3 is 19.5 Å². The van der Waals surface area contributed by atoms with E-state index < -0.39 is 14.4 Å². The number of nitrogens with zero attached hydrogens (tertiary/aromatic N) is 3. The fourth-order valence-corrected chi connectivity index (χ4v) is 5.82. The van der Waals surface area contributed by atoms with E-state index in [4.69, 9.17) is 20.4 Å². The molecule has 0 fully saturated rings. The van der Waals surface area contributed by atoms with Crippen LogP contribution in [-0.2, 0) is 4.43 Å². The van der Waals surface area contributed by atoms with Gasteiger partial charge in [-0.2, -0.15) is 5.26 Å². The van der Waals surface area contributed by atoms with Gasteiger partial charge in [-0.05, 0) is 86.1 Å². The van der Waals surface area contributed by atoms with Gasteiger partial charge in [0.15, 0.2) is 8.32 Å². The second kappa shape index (κ2) is 12.5. The van der Waals surface area contributed by atoms with E-state index in [0.717, 1.165) is 11.3 Å². The van der Waals surface area contributed by atoms with E-state index in [1.165, 1.54) is 0 Å². The van der Waals surface area contributed by atoms with Crippen molar-refractivity contribution < 1.29 is 13.6 Å². The summed E-state index contributed by atoms with van der Waals surface area (Å²) in [6.45, 7) is 14.9. The zero-order valence-electron chi connectivity index (χ0n) is 24.9. The first-order chi connectivity index (χ1) is 19.8. The fraction of sp³-hybridized carbons (Fsp3) is 0.312. The molecule has 1 amide bonds. The van der Waals surface area contributed by atoms with Gasteiger partial charge in [0.1, 0.15) is 12.1 Å². The quantitative estimate of drug-likeness (QED) is 0.185. The van der Waals surface area contributed by atoms with Crippen molar-refractivity contribution in [2.45, 2.75) is 64.9 Å². The average Bonchev–Trinajstić information content (AvgIpc) is 3.42. The molecule has 2 N–H and O–H groups in total. The van der Waals surface area contributed by atoms with Gasteiger partial charge in [-0.15, -0.1) is 10.2 Å². The molecule has 0 aliphatic carbocycles. The molecular weight excluding hydrogens is 566 g/mol. The largest absolute Gasteiger partial charge is 0.418 e. The van der Waals surface area contributed by atoms with E-state index in [0.29, 0.717) is 39.2 Å². The summed E-state index contributed by atoms with van der Waals surface area (Å²) in [4.78, 5) is 12.5. The summed E-state index contributed by atoms with van der Waals surface area (Å²) in [5.41, 5.74) is 3.90. The van der Waals surface area contributed by atoms with Crippen LogP contribution in [0.15, 0.2) is 71.1 Å². The number of carbonyl (C=O) groups is 1. The van der Waals surface area contributed by atoms with Crippen LogP contribution in [0, 0.1) is 18.3 Å². The predicted molar refractivity (Wildman–Crippen MR) is 169 cm³/mol. The summed E-state index contributed by atoms with van der Waals surface area (Å²) in [7, 11) is -2.16. The molecule has 0 spiro atoms. The molecule has 0 aliphatic rings. The monoisotopic (exact) mass is 601 g/mol. The van der Waals surface area contributed by atoms with Crippen LogP contribution in [0.2, 0.25) is 23.2 Å². The first kappa shape index (κ1) is 31.0. The molecule has 0 saturated heterocycles. The summed E-state index contributed by atoms with van der Waals surface area (Å²) in [6.07, 6.45) is -0.338. The lowest BCUT2D eigenvalue weighted by Crippen LogP contribution is -2.45. The number of amides is 1. The number of anilines is 2. The molecule has 3 aromatic carbocycles. The van der Waals surface area contributed by atoms with E-state index in [9.17, 15) is 10.1 Å². The van der Waals surface area contributed by atoms with Crippen LogP contribution < -0.4 is 10.6 Å². The Kier molecular flexibility index (Phi) is 9.21. The Hall–Kier alpha value is -3.97. The molecule has 218 valence electrons. The summed E-state index contributed by atoms with van der Waals surface area (Å²) in [6, 6.07) is 21.4. The van der Waals surface area contributed by atoms with Crippen molar-refractivity contribution in [3.8, 4) is 17.5 Å². The van der Waals surface area contributed by atoms with Gasteiger partial charge in [-0.3, -0.25) is 4.79 Å². The van der Waals surface area contributed by atoms with Crippen molar-refractivity contribution in [1.29, 1.82) is 5.26 Å². The number of hydrogen-bond acceptors (Lipinski definition) is 7. The third-order valence-corrected chi connectivity index (χ3v) is 12.5. The highest BCUT2D eigenvalue weighted by atomic mass is 35.5. The first-order valence-corrected chi connectivity index (χ1v) is 17.0. The molecule has 0 radical (unpaired) electrons. The molecule has 0 saturated carbocycles. The second-order valence-corrected chi connectivity index (χ2v) is 17.0. The average molecular weight is 602 g/mol. The van der Waals surface area contributed by atoms with E-state index in [1.807, 2.05) is 44.2 Å². The number of halogens is 1. The minimum Gasteiger partial charge on any atom is -0.418 e. The Morgan fingerprint density at radius 1 is 1.07 bits per heavy atom. The molecule has 1 heterocycles. The third-order valence-electron chi connectivity index (χ3n) is 7.63. The first-order valence-electron chi connectivity index (χ1n) is 13.7. The van der Waals surface area contributed by atoms with E-state index in [2.05, 4.69) is 60.8 Å². The van der Waals surface area contributed by atoms with Gasteiger partial charge in [0, 0.05) is 22.5 Å². The number of benzene rings is 3. The van der Waals surface area contributed by atoms with Crippen molar-refractivity contribution in [2.24, 2.45) is 0 Å². The van der Waals surface area contributed by atoms with Crippen LogP contribution >= 0.6 is 11.6 Å². The lowest BCUT2D eigenvalue weighted by molar-refractivity contribution is 0.102. The molecular formula is C32H36ClN5O3Si. The zero-order chi connectivity index (χ0) is 30.7. The Bertz CT molecular complexity index is 1590. The summed E-state index contributed by atoms with van der Waals surface area (Å²) in [5, 5.41) is 25.0. The molecule has 8 nitrogen and oxygen atoms in total. The van der Waals surface area contributed by atoms with E-state index >= 15 is 0 Å². The molecule has 42 heavy (non-hydrogen) atoms. The lowest BCUT2D eigenvalue weighted by atomic mass is 10.1. The summed E-state index contributed by atoms with van der Waals surface area (Å²) < 4.78 is 12.9. The van der Waals surface area contributed by atoms with Gasteiger partial charge in [0.25, 0.3) is 5.91 Å². The van der Waals surface area contributed by atoms with Crippen LogP contribution in [0.5, 0.6) is 0 Å². The fourth-order valence-electron chi connectivity index (χ4n) is 4.14. The molecule has 0 bridgehead atoms. The Labute approximate surface area is 253 Å². The summed E-state index contributed by atoms with van der Waals surface area (Å²) >= 11 is 6.26. The van der Waals surface area contributed by atoms with Crippen molar-refractivity contribution in [2.75, 3.05) is 10.6 Å². The van der Waals surface area contributed by atoms with E-state index in [1.54, 1.807) is 36.4 Å². The minimum absolute atomic E-state index is 0.00629. The molecule has 0 unspecified atom stereocenters. The number of hydrogen-bond donors (Lipinski definition) is 2. The van der Waals surface area contributed by atoms with Crippen LogP contribution in [0.3, 0.4) is 0 Å². The Balaban J connectivity index is 1.61. The zero-order valence-corrected chi connectivity index (χ0v) is 26.7. The topological polar surface area (TPSA) is 113 Å². The van der Waals surface area contributed by atoms with Crippen LogP contribution in [0.1, 0.15) is 61.1 Å². The highest BCUT2D eigenvalue weighted by molar-refractivity contribution is 6.74. The summed E-state index contributed by atoms with van der Waals surface area (Å²) in [5.74, 6) is 0.499. The number of aryl methyl sites for hydroxylation is 1. The molecule has 2 atom stereocenters. The predicted octanol–water partition coefficient (Wildman–Crippen LogP) is 8.39. The minimum atomic E-state index is -2.16. The Morgan fingerprint density at radius 3 is 2.36 bits per heavy atom. The van der Waals surface area contributed by atoms with Crippen LogP contribution in [-0.4, -0.2) is 30.5 Å². The maximum Gasteiger partial charge on any atom is 0.255 e. The standard InChI is InChI=1S/C32H36ClN5O3Si/c1-20-17-26(33)24(19-34)18-27(20)36-28(21(2)41-42(6,7)32(3,4)5)31-38-37-30(40-31)23-13-15-25(16-14-23)35-29(39)22-11-9-8-10-12-22/h8-18,21,28,36H,1-7H3,(H,35,39)/t21-,28+/m0/s1. The van der Waals surface area contributed by atoms with Crippen LogP contribution in [0.25, 0.3) is 11.5 Å². The van der Waals surface area contributed by atoms with Crippen molar-refractivity contribution >= 4 is 37.2 Å². The normalized spacial score (nSPS) is 13.2. The van der Waals surface area contributed by atoms with Gasteiger partial charge in [-0.25, -0.2) is 0 Å². The SMILES string of the molecule is Cc1cc(Cl)c(C#N)cc1N[C@@H](c1nnc(-c2ccc(NC(=O)c3ccccc3)cc2)o1)[C@H](C)O[Si](C)(C)C(C)(C)C. The van der Waals surface area contributed by atoms with Gasteiger partial charge >= 0.3 is 0 Å².